The molecule has 1 aliphatic heterocycles. The van der Waals surface area contributed by atoms with Gasteiger partial charge in [-0.3, -0.25) is 9.80 Å². The van der Waals surface area contributed by atoms with Crippen molar-refractivity contribution >= 4 is 11.6 Å². The Balaban J connectivity index is 1.87. The molecule has 0 spiro atoms. The number of rotatable bonds is 5. The Labute approximate surface area is 143 Å². The average Bonchev–Trinajstić information content (AvgIpc) is 2.60. The van der Waals surface area contributed by atoms with Gasteiger partial charge in [-0.2, -0.15) is 0 Å². The summed E-state index contributed by atoms with van der Waals surface area (Å²) in [6, 6.07) is 18.9. The molecular formula is C19H23ClN2O. The third kappa shape index (κ3) is 3.93. The highest BCUT2D eigenvalue weighted by atomic mass is 35.5. The molecule has 0 bridgehead atoms. The lowest BCUT2D eigenvalue weighted by molar-refractivity contribution is 0.0945. The summed E-state index contributed by atoms with van der Waals surface area (Å²) in [6.07, 6.45) is 0. The lowest BCUT2D eigenvalue weighted by Gasteiger charge is -2.39. The molecule has 4 heteroatoms. The van der Waals surface area contributed by atoms with Crippen LogP contribution in [0.2, 0.25) is 5.02 Å². The maximum Gasteiger partial charge on any atom is 0.0617 e. The van der Waals surface area contributed by atoms with Crippen LogP contribution in [-0.4, -0.2) is 54.2 Å². The van der Waals surface area contributed by atoms with Crippen molar-refractivity contribution in [2.45, 2.75) is 6.04 Å². The highest BCUT2D eigenvalue weighted by Crippen LogP contribution is 2.33. The number of piperazine rings is 1. The molecule has 0 aliphatic carbocycles. The first kappa shape index (κ1) is 16.5. The van der Waals surface area contributed by atoms with Crippen molar-refractivity contribution in [1.82, 2.24) is 9.80 Å². The largest absolute Gasteiger partial charge is 0.395 e. The third-order valence-corrected chi connectivity index (χ3v) is 4.85. The molecule has 0 amide bonds. The van der Waals surface area contributed by atoms with Gasteiger partial charge in [0.15, 0.2) is 0 Å². The second kappa shape index (κ2) is 7.93. The maximum atomic E-state index is 9.11. The molecule has 1 heterocycles. The van der Waals surface area contributed by atoms with Gasteiger partial charge in [0.05, 0.1) is 12.6 Å². The Morgan fingerprint density at radius 2 is 1.57 bits per heavy atom. The monoisotopic (exact) mass is 330 g/mol. The molecule has 23 heavy (non-hydrogen) atoms. The molecule has 3 rings (SSSR count). The fourth-order valence-electron chi connectivity index (χ4n) is 3.31. The number of benzene rings is 2. The van der Waals surface area contributed by atoms with Gasteiger partial charge in [0.25, 0.3) is 0 Å². The first-order chi connectivity index (χ1) is 11.3. The van der Waals surface area contributed by atoms with E-state index in [1.807, 2.05) is 18.2 Å². The standard InChI is InChI=1S/C19H23ClN2O/c20-18-9-5-4-8-17(18)19(16-6-2-1-3-7-16)22-12-10-21(11-13-22)14-15-23/h1-9,19,23H,10-15H2. The van der Waals surface area contributed by atoms with E-state index in [0.717, 1.165) is 43.3 Å². The second-order valence-electron chi connectivity index (χ2n) is 5.94. The van der Waals surface area contributed by atoms with Crippen molar-refractivity contribution in [3.8, 4) is 0 Å². The topological polar surface area (TPSA) is 26.7 Å². The van der Waals surface area contributed by atoms with Crippen LogP contribution in [0, 0.1) is 0 Å². The van der Waals surface area contributed by atoms with Crippen molar-refractivity contribution in [2.75, 3.05) is 39.3 Å². The Morgan fingerprint density at radius 3 is 2.22 bits per heavy atom. The fraction of sp³-hybridized carbons (Fsp3) is 0.368. The Bertz CT molecular complexity index is 612. The van der Waals surface area contributed by atoms with Crippen LogP contribution in [0.3, 0.4) is 0 Å². The minimum atomic E-state index is 0.182. The lowest BCUT2D eigenvalue weighted by atomic mass is 9.96. The van der Waals surface area contributed by atoms with Gasteiger partial charge in [0, 0.05) is 37.7 Å². The highest BCUT2D eigenvalue weighted by molar-refractivity contribution is 6.31. The molecule has 1 fully saturated rings. The maximum absolute atomic E-state index is 9.11. The van der Waals surface area contributed by atoms with Gasteiger partial charge in [-0.1, -0.05) is 60.1 Å². The van der Waals surface area contributed by atoms with Crippen molar-refractivity contribution in [2.24, 2.45) is 0 Å². The first-order valence-corrected chi connectivity index (χ1v) is 8.54. The second-order valence-corrected chi connectivity index (χ2v) is 6.34. The Hall–Kier alpha value is -1.39. The van der Waals surface area contributed by atoms with Gasteiger partial charge in [-0.15, -0.1) is 0 Å². The number of halogens is 1. The van der Waals surface area contributed by atoms with Gasteiger partial charge in [-0.25, -0.2) is 0 Å². The molecule has 2 aromatic rings. The van der Waals surface area contributed by atoms with Gasteiger partial charge < -0.3 is 5.11 Å². The highest BCUT2D eigenvalue weighted by Gasteiger charge is 2.27. The summed E-state index contributed by atoms with van der Waals surface area (Å²) < 4.78 is 0. The zero-order valence-electron chi connectivity index (χ0n) is 13.2. The van der Waals surface area contributed by atoms with Crippen molar-refractivity contribution in [3.05, 3.63) is 70.7 Å². The third-order valence-electron chi connectivity index (χ3n) is 4.50. The fourth-order valence-corrected chi connectivity index (χ4v) is 3.54. The molecule has 1 N–H and O–H groups in total. The number of aliphatic hydroxyl groups excluding tert-OH is 1. The van der Waals surface area contributed by atoms with E-state index in [0.29, 0.717) is 0 Å². The number of hydrogen-bond acceptors (Lipinski definition) is 3. The number of nitrogens with zero attached hydrogens (tertiary/aromatic N) is 2. The molecule has 0 aromatic heterocycles. The van der Waals surface area contributed by atoms with E-state index in [-0.39, 0.29) is 12.6 Å². The van der Waals surface area contributed by atoms with Gasteiger partial charge in [-0.05, 0) is 17.2 Å². The molecule has 0 saturated carbocycles. The van der Waals surface area contributed by atoms with E-state index in [9.17, 15) is 0 Å². The van der Waals surface area contributed by atoms with Crippen molar-refractivity contribution in [1.29, 1.82) is 0 Å². The molecule has 122 valence electrons. The molecule has 1 atom stereocenters. The molecule has 1 saturated heterocycles. The number of aliphatic hydroxyl groups is 1. The van der Waals surface area contributed by atoms with E-state index < -0.39 is 0 Å². The molecule has 1 aliphatic rings. The number of hydrogen-bond donors (Lipinski definition) is 1. The predicted octanol–water partition coefficient (Wildman–Crippen LogP) is 3.04. The zero-order chi connectivity index (χ0) is 16.1. The van der Waals surface area contributed by atoms with Crippen LogP contribution in [-0.2, 0) is 0 Å². The van der Waals surface area contributed by atoms with Crippen LogP contribution < -0.4 is 0 Å². The minimum Gasteiger partial charge on any atom is -0.395 e. The first-order valence-electron chi connectivity index (χ1n) is 8.16. The summed E-state index contributed by atoms with van der Waals surface area (Å²) in [5.41, 5.74) is 2.44. The summed E-state index contributed by atoms with van der Waals surface area (Å²) >= 11 is 6.50. The lowest BCUT2D eigenvalue weighted by Crippen LogP contribution is -2.48. The normalized spacial score (nSPS) is 18.0. The van der Waals surface area contributed by atoms with Crippen LogP contribution in [0.4, 0.5) is 0 Å². The average molecular weight is 331 g/mol. The predicted molar refractivity (Wildman–Crippen MR) is 94.8 cm³/mol. The summed E-state index contributed by atoms with van der Waals surface area (Å²) in [4.78, 5) is 4.80. The Morgan fingerprint density at radius 1 is 0.913 bits per heavy atom. The van der Waals surface area contributed by atoms with E-state index in [4.69, 9.17) is 16.7 Å². The van der Waals surface area contributed by atoms with E-state index in [2.05, 4.69) is 46.2 Å². The molecular weight excluding hydrogens is 308 g/mol. The SMILES string of the molecule is OCCN1CCN(C(c2ccccc2)c2ccccc2Cl)CC1. The summed E-state index contributed by atoms with van der Waals surface area (Å²) in [5, 5.41) is 9.93. The Kier molecular flexibility index (Phi) is 5.68. The molecule has 3 nitrogen and oxygen atoms in total. The molecule has 1 unspecified atom stereocenters. The minimum absolute atomic E-state index is 0.182. The van der Waals surface area contributed by atoms with Gasteiger partial charge in [0.1, 0.15) is 0 Å². The smallest absolute Gasteiger partial charge is 0.0617 e. The van der Waals surface area contributed by atoms with Gasteiger partial charge in [0.2, 0.25) is 0 Å². The van der Waals surface area contributed by atoms with E-state index >= 15 is 0 Å². The summed E-state index contributed by atoms with van der Waals surface area (Å²) in [6.45, 7) is 4.90. The number of β-amino-alcohol motifs (C(OH)–C–C–N with tert-alkyl or cyclic N) is 1. The summed E-state index contributed by atoms with van der Waals surface area (Å²) in [5.74, 6) is 0. The van der Waals surface area contributed by atoms with Crippen molar-refractivity contribution < 1.29 is 5.11 Å². The van der Waals surface area contributed by atoms with Gasteiger partial charge >= 0.3 is 0 Å². The quantitative estimate of drug-likeness (QED) is 0.913. The zero-order valence-corrected chi connectivity index (χ0v) is 14.0. The van der Waals surface area contributed by atoms with E-state index in [1.54, 1.807) is 0 Å². The summed E-state index contributed by atoms with van der Waals surface area (Å²) in [7, 11) is 0. The molecule has 2 aromatic carbocycles. The van der Waals surface area contributed by atoms with E-state index in [1.165, 1.54) is 5.56 Å². The van der Waals surface area contributed by atoms with Crippen LogP contribution in [0.25, 0.3) is 0 Å². The van der Waals surface area contributed by atoms with Crippen molar-refractivity contribution in [3.63, 3.8) is 0 Å². The molecule has 0 radical (unpaired) electrons. The van der Waals surface area contributed by atoms with Crippen LogP contribution >= 0.6 is 11.6 Å². The van der Waals surface area contributed by atoms with Crippen LogP contribution in [0.15, 0.2) is 54.6 Å². The van der Waals surface area contributed by atoms with Crippen LogP contribution in [0.5, 0.6) is 0 Å². The van der Waals surface area contributed by atoms with Crippen LogP contribution in [0.1, 0.15) is 17.2 Å².